The van der Waals surface area contributed by atoms with Crippen molar-refractivity contribution in [3.63, 3.8) is 0 Å². The molecule has 0 spiro atoms. The van der Waals surface area contributed by atoms with Crippen LogP contribution in [0.1, 0.15) is 18.9 Å². The first-order valence-corrected chi connectivity index (χ1v) is 9.15. The van der Waals surface area contributed by atoms with Gasteiger partial charge in [0.25, 0.3) is 0 Å². The van der Waals surface area contributed by atoms with Crippen LogP contribution in [0.4, 0.5) is 4.39 Å². The summed E-state index contributed by atoms with van der Waals surface area (Å²) in [4.78, 5) is 8.50. The van der Waals surface area contributed by atoms with Crippen LogP contribution in [0.15, 0.2) is 52.5 Å². The zero-order valence-corrected chi connectivity index (χ0v) is 16.3. The molecular formula is C20H21FN4O4. The highest BCUT2D eigenvalue weighted by Gasteiger charge is 2.26. The molecule has 2 aliphatic rings. The van der Waals surface area contributed by atoms with Gasteiger partial charge < -0.3 is 19.3 Å². The molecule has 2 aromatic rings. The number of aryl methyl sites for hydroxylation is 1. The fourth-order valence-corrected chi connectivity index (χ4v) is 3.30. The topological polar surface area (TPSA) is 90.5 Å². The summed E-state index contributed by atoms with van der Waals surface area (Å²) in [5, 5.41) is 14.0. The molecular weight excluding hydrogens is 379 g/mol. The Balaban J connectivity index is 1.61. The van der Waals surface area contributed by atoms with Gasteiger partial charge in [-0.15, -0.1) is 0 Å². The Morgan fingerprint density at radius 1 is 1.31 bits per heavy atom. The minimum absolute atomic E-state index is 0.0643. The minimum atomic E-state index is -0.754. The van der Waals surface area contributed by atoms with Crippen LogP contribution in [0.2, 0.25) is 0 Å². The van der Waals surface area contributed by atoms with E-state index >= 15 is 0 Å². The fourth-order valence-electron chi connectivity index (χ4n) is 3.30. The number of aromatic nitrogens is 3. The van der Waals surface area contributed by atoms with Gasteiger partial charge in [0.05, 0.1) is 18.5 Å². The first kappa shape index (κ1) is 19.3. The van der Waals surface area contributed by atoms with E-state index in [-0.39, 0.29) is 24.9 Å². The molecule has 0 saturated carbocycles. The van der Waals surface area contributed by atoms with Crippen molar-refractivity contribution in [3.8, 4) is 11.6 Å². The Hall–Kier alpha value is -3.04. The maximum absolute atomic E-state index is 14.9. The van der Waals surface area contributed by atoms with Crippen LogP contribution in [-0.2, 0) is 4.74 Å². The third kappa shape index (κ3) is 3.66. The zero-order valence-electron chi connectivity index (χ0n) is 16.3. The molecule has 8 nitrogen and oxygen atoms in total. The number of aliphatic hydroxyl groups excluding tert-OH is 1. The van der Waals surface area contributed by atoms with E-state index in [1.807, 2.05) is 13.8 Å². The molecule has 1 aliphatic carbocycles. The van der Waals surface area contributed by atoms with Crippen molar-refractivity contribution in [1.82, 2.24) is 14.6 Å². The maximum atomic E-state index is 14.9. The number of hydrogen-bond donors (Lipinski definition) is 1. The van der Waals surface area contributed by atoms with Crippen molar-refractivity contribution < 1.29 is 23.7 Å². The Kier molecular flexibility index (Phi) is 5.16. The molecule has 29 heavy (non-hydrogen) atoms. The maximum Gasteiger partial charge on any atom is 0.247 e. The SMILES string of the molecule is COCC(O)COc1cn2ncnc(OC3=CCC4=NC(C)=CC4=C3F)c2c1C. The number of hydrogen-bond acceptors (Lipinski definition) is 7. The first-order chi connectivity index (χ1) is 14.0. The molecule has 0 saturated heterocycles. The second-order valence-electron chi connectivity index (χ2n) is 6.84. The van der Waals surface area contributed by atoms with Gasteiger partial charge in [-0.05, 0) is 26.0 Å². The number of rotatable bonds is 7. The van der Waals surface area contributed by atoms with Crippen LogP contribution in [0, 0.1) is 6.92 Å². The van der Waals surface area contributed by atoms with E-state index in [0.717, 1.165) is 5.70 Å². The summed E-state index contributed by atoms with van der Waals surface area (Å²) in [5.41, 5.74) is 3.19. The summed E-state index contributed by atoms with van der Waals surface area (Å²) in [7, 11) is 1.51. The van der Waals surface area contributed by atoms with Crippen LogP contribution in [-0.4, -0.2) is 51.8 Å². The van der Waals surface area contributed by atoms with E-state index in [2.05, 4.69) is 15.1 Å². The molecule has 4 rings (SSSR count). The lowest BCUT2D eigenvalue weighted by Gasteiger charge is -2.15. The Labute approximate surface area is 166 Å². The Morgan fingerprint density at radius 2 is 2.14 bits per heavy atom. The molecule has 0 aromatic carbocycles. The number of fused-ring (bicyclic) bond motifs is 2. The highest BCUT2D eigenvalue weighted by molar-refractivity contribution is 6.08. The average Bonchev–Trinajstić information content (AvgIpc) is 3.23. The van der Waals surface area contributed by atoms with Gasteiger partial charge in [-0.3, -0.25) is 4.99 Å². The summed E-state index contributed by atoms with van der Waals surface area (Å²) < 4.78 is 32.8. The third-order valence-corrected chi connectivity index (χ3v) is 4.65. The lowest BCUT2D eigenvalue weighted by atomic mass is 10.0. The van der Waals surface area contributed by atoms with Crippen LogP contribution in [0.3, 0.4) is 0 Å². The summed E-state index contributed by atoms with van der Waals surface area (Å²) in [6.45, 7) is 3.88. The van der Waals surface area contributed by atoms with Crippen molar-refractivity contribution in [1.29, 1.82) is 0 Å². The largest absolute Gasteiger partial charge is 0.489 e. The molecule has 0 amide bonds. The van der Waals surface area contributed by atoms with Crippen molar-refractivity contribution in [2.24, 2.45) is 4.99 Å². The summed E-state index contributed by atoms with van der Waals surface area (Å²) in [6.07, 6.45) is 6.08. The second-order valence-corrected chi connectivity index (χ2v) is 6.84. The summed E-state index contributed by atoms with van der Waals surface area (Å²) in [6, 6.07) is 0. The van der Waals surface area contributed by atoms with Gasteiger partial charge >= 0.3 is 0 Å². The number of aliphatic imine (C=N–C) groups is 1. The molecule has 0 radical (unpaired) electrons. The Bertz CT molecular complexity index is 1080. The predicted octanol–water partition coefficient (Wildman–Crippen LogP) is 2.67. The van der Waals surface area contributed by atoms with Gasteiger partial charge in [0, 0.05) is 30.4 Å². The number of methoxy groups -OCH3 is 1. The van der Waals surface area contributed by atoms with E-state index in [1.165, 1.54) is 13.4 Å². The smallest absolute Gasteiger partial charge is 0.247 e. The van der Waals surface area contributed by atoms with Gasteiger partial charge in [0.2, 0.25) is 5.88 Å². The van der Waals surface area contributed by atoms with Crippen LogP contribution >= 0.6 is 0 Å². The van der Waals surface area contributed by atoms with E-state index in [4.69, 9.17) is 14.2 Å². The van der Waals surface area contributed by atoms with Crippen LogP contribution in [0.25, 0.3) is 5.52 Å². The van der Waals surface area contributed by atoms with Crippen molar-refractivity contribution in [3.05, 3.63) is 53.1 Å². The molecule has 3 heterocycles. The van der Waals surface area contributed by atoms with E-state index in [0.29, 0.717) is 34.5 Å². The highest BCUT2D eigenvalue weighted by Crippen LogP contribution is 2.35. The number of halogens is 1. The molecule has 0 bridgehead atoms. The molecule has 0 fully saturated rings. The van der Waals surface area contributed by atoms with E-state index < -0.39 is 11.9 Å². The number of nitrogens with zero attached hydrogens (tertiary/aromatic N) is 4. The molecule has 152 valence electrons. The first-order valence-electron chi connectivity index (χ1n) is 9.15. The molecule has 1 N–H and O–H groups in total. The van der Waals surface area contributed by atoms with Crippen molar-refractivity contribution >= 4 is 11.2 Å². The van der Waals surface area contributed by atoms with E-state index in [9.17, 15) is 9.50 Å². The fraction of sp³-hybridized carbons (Fsp3) is 0.350. The van der Waals surface area contributed by atoms with Gasteiger partial charge in [0.1, 0.15) is 30.3 Å². The second kappa shape index (κ2) is 7.76. The number of allylic oxidation sites excluding steroid dienone is 5. The molecule has 1 aliphatic heterocycles. The molecule has 9 heteroatoms. The normalized spacial score (nSPS) is 17.1. The number of ether oxygens (including phenoxy) is 3. The van der Waals surface area contributed by atoms with Gasteiger partial charge in [-0.25, -0.2) is 8.91 Å². The minimum Gasteiger partial charge on any atom is -0.489 e. The Morgan fingerprint density at radius 3 is 2.93 bits per heavy atom. The van der Waals surface area contributed by atoms with E-state index in [1.54, 1.807) is 22.9 Å². The van der Waals surface area contributed by atoms with Crippen LogP contribution < -0.4 is 9.47 Å². The standard InChI is InChI=1S/C20H21FN4O4/c1-11-6-14-15(24-11)4-5-16(18(14)21)29-20-19-12(2)17(7-25(19)23-10-22-20)28-9-13(26)8-27-3/h5-7,10,13,26H,4,8-9H2,1-3H3. The average molecular weight is 400 g/mol. The molecule has 2 aromatic heterocycles. The van der Waals surface area contributed by atoms with Crippen LogP contribution in [0.5, 0.6) is 11.6 Å². The van der Waals surface area contributed by atoms with Gasteiger partial charge in [-0.2, -0.15) is 10.1 Å². The summed E-state index contributed by atoms with van der Waals surface area (Å²) in [5.74, 6) is 0.368. The molecule has 1 unspecified atom stereocenters. The zero-order chi connectivity index (χ0) is 20.5. The highest BCUT2D eigenvalue weighted by atomic mass is 19.1. The third-order valence-electron chi connectivity index (χ3n) is 4.65. The monoisotopic (exact) mass is 400 g/mol. The lowest BCUT2D eigenvalue weighted by molar-refractivity contribution is 0.0324. The van der Waals surface area contributed by atoms with Gasteiger partial charge in [-0.1, -0.05) is 0 Å². The lowest BCUT2D eigenvalue weighted by Crippen LogP contribution is -2.22. The van der Waals surface area contributed by atoms with Gasteiger partial charge in [0.15, 0.2) is 11.6 Å². The quantitative estimate of drug-likeness (QED) is 0.769. The molecule has 1 atom stereocenters. The summed E-state index contributed by atoms with van der Waals surface area (Å²) >= 11 is 0. The van der Waals surface area contributed by atoms with Crippen molar-refractivity contribution in [2.45, 2.75) is 26.4 Å². The number of aliphatic hydroxyl groups is 1. The predicted molar refractivity (Wildman–Crippen MR) is 104 cm³/mol. The van der Waals surface area contributed by atoms with Crippen molar-refractivity contribution in [2.75, 3.05) is 20.3 Å².